The van der Waals surface area contributed by atoms with E-state index in [1.165, 1.54) is 0 Å². The van der Waals surface area contributed by atoms with Gasteiger partial charge in [-0.3, -0.25) is 4.79 Å². The number of oxazole rings is 1. The molecule has 0 bridgehead atoms. The average molecular weight is 357 g/mol. The number of nitrogens with zero attached hydrogens (tertiary/aromatic N) is 1. The molecule has 0 aliphatic carbocycles. The van der Waals surface area contributed by atoms with Crippen LogP contribution in [-0.2, 0) is 24.2 Å². The smallest absolute Gasteiger partial charge is 0.307 e. The molecule has 3 rings (SSSR count). The molecule has 2 heterocycles. The predicted octanol–water partition coefficient (Wildman–Crippen LogP) is 4.48. The van der Waals surface area contributed by atoms with Gasteiger partial charge in [0.2, 0.25) is 5.89 Å². The Morgan fingerprint density at radius 3 is 2.88 bits per heavy atom. The SMILES string of the molecule is CCc1oc(-c2sccc2C)nc1COc1cccc(CC(=O)O)c1. The number of carbonyl (C=O) groups is 1. The summed E-state index contributed by atoms with van der Waals surface area (Å²) in [5.74, 6) is 1.20. The summed E-state index contributed by atoms with van der Waals surface area (Å²) in [5.41, 5.74) is 2.62. The van der Waals surface area contributed by atoms with E-state index in [0.717, 1.165) is 28.3 Å². The Morgan fingerprint density at radius 1 is 1.36 bits per heavy atom. The summed E-state index contributed by atoms with van der Waals surface area (Å²) in [4.78, 5) is 16.5. The second-order valence-electron chi connectivity index (χ2n) is 5.68. The van der Waals surface area contributed by atoms with Crippen molar-refractivity contribution >= 4 is 17.3 Å². The Kier molecular flexibility index (Phi) is 5.19. The van der Waals surface area contributed by atoms with E-state index >= 15 is 0 Å². The number of rotatable bonds is 7. The summed E-state index contributed by atoms with van der Waals surface area (Å²) in [5, 5.41) is 10.9. The van der Waals surface area contributed by atoms with Crippen LogP contribution in [0.1, 0.15) is 29.5 Å². The summed E-state index contributed by atoms with van der Waals surface area (Å²) in [7, 11) is 0. The number of aryl methyl sites for hydroxylation is 2. The van der Waals surface area contributed by atoms with Crippen LogP contribution in [0.2, 0.25) is 0 Å². The molecule has 0 amide bonds. The van der Waals surface area contributed by atoms with Crippen molar-refractivity contribution in [1.82, 2.24) is 4.98 Å². The molecule has 0 aliphatic rings. The van der Waals surface area contributed by atoms with E-state index in [-0.39, 0.29) is 13.0 Å². The standard InChI is InChI=1S/C19H19NO4S/c1-3-16-15(20-19(24-16)18-12(2)7-8-25-18)11-23-14-6-4-5-13(9-14)10-17(21)22/h4-9H,3,10-11H2,1-2H3,(H,21,22). The topological polar surface area (TPSA) is 72.6 Å². The second kappa shape index (κ2) is 7.53. The van der Waals surface area contributed by atoms with Crippen molar-refractivity contribution in [2.45, 2.75) is 33.3 Å². The van der Waals surface area contributed by atoms with E-state index in [1.54, 1.807) is 35.6 Å². The van der Waals surface area contributed by atoms with Crippen molar-refractivity contribution in [2.24, 2.45) is 0 Å². The first-order chi connectivity index (χ1) is 12.1. The number of carboxylic acid groups (broad SMARTS) is 1. The molecule has 0 fully saturated rings. The molecule has 0 unspecified atom stereocenters. The van der Waals surface area contributed by atoms with Crippen molar-refractivity contribution < 1.29 is 19.1 Å². The molecule has 0 aliphatic heterocycles. The molecule has 6 heteroatoms. The van der Waals surface area contributed by atoms with Crippen LogP contribution in [0.4, 0.5) is 0 Å². The minimum atomic E-state index is -0.863. The fraction of sp³-hybridized carbons (Fsp3) is 0.263. The number of aromatic nitrogens is 1. The molecule has 25 heavy (non-hydrogen) atoms. The molecular weight excluding hydrogens is 338 g/mol. The van der Waals surface area contributed by atoms with Crippen LogP contribution in [0, 0.1) is 6.92 Å². The zero-order valence-corrected chi connectivity index (χ0v) is 14.9. The van der Waals surface area contributed by atoms with Crippen LogP contribution in [0.3, 0.4) is 0 Å². The summed E-state index contributed by atoms with van der Waals surface area (Å²) in [6.45, 7) is 4.34. The van der Waals surface area contributed by atoms with Gasteiger partial charge in [0.15, 0.2) is 0 Å². The van der Waals surface area contributed by atoms with Crippen molar-refractivity contribution in [3.05, 3.63) is 58.3 Å². The van der Waals surface area contributed by atoms with E-state index in [9.17, 15) is 4.79 Å². The highest BCUT2D eigenvalue weighted by Crippen LogP contribution is 2.30. The van der Waals surface area contributed by atoms with Crippen LogP contribution in [0.15, 0.2) is 40.1 Å². The Morgan fingerprint density at radius 2 is 2.20 bits per heavy atom. The van der Waals surface area contributed by atoms with Crippen LogP contribution in [-0.4, -0.2) is 16.1 Å². The quantitative estimate of drug-likeness (QED) is 0.675. The van der Waals surface area contributed by atoms with E-state index in [2.05, 4.69) is 4.98 Å². The van der Waals surface area contributed by atoms with Gasteiger partial charge in [-0.2, -0.15) is 0 Å². The lowest BCUT2D eigenvalue weighted by atomic mass is 10.1. The van der Waals surface area contributed by atoms with Gasteiger partial charge in [0.1, 0.15) is 23.8 Å². The lowest BCUT2D eigenvalue weighted by Crippen LogP contribution is -2.02. The van der Waals surface area contributed by atoms with Gasteiger partial charge in [0, 0.05) is 6.42 Å². The number of hydrogen-bond acceptors (Lipinski definition) is 5. The van der Waals surface area contributed by atoms with Gasteiger partial charge in [0.25, 0.3) is 0 Å². The Balaban J connectivity index is 1.76. The first-order valence-corrected chi connectivity index (χ1v) is 8.91. The maximum absolute atomic E-state index is 10.8. The first kappa shape index (κ1) is 17.2. The molecule has 0 atom stereocenters. The van der Waals surface area contributed by atoms with Crippen molar-refractivity contribution in [3.63, 3.8) is 0 Å². The third-order valence-corrected chi connectivity index (χ3v) is 4.79. The Labute approximate surface area is 149 Å². The number of carboxylic acids is 1. The van der Waals surface area contributed by atoms with Gasteiger partial charge < -0.3 is 14.3 Å². The number of hydrogen-bond donors (Lipinski definition) is 1. The fourth-order valence-corrected chi connectivity index (χ4v) is 3.38. The largest absolute Gasteiger partial charge is 0.487 e. The highest BCUT2D eigenvalue weighted by molar-refractivity contribution is 7.13. The van der Waals surface area contributed by atoms with E-state index in [0.29, 0.717) is 17.2 Å². The normalized spacial score (nSPS) is 10.8. The molecule has 2 aromatic heterocycles. The maximum atomic E-state index is 10.8. The van der Waals surface area contributed by atoms with Gasteiger partial charge >= 0.3 is 5.97 Å². The van der Waals surface area contributed by atoms with Crippen LogP contribution in [0.25, 0.3) is 10.8 Å². The molecule has 1 N–H and O–H groups in total. The summed E-state index contributed by atoms with van der Waals surface area (Å²) in [6.07, 6.45) is 0.707. The maximum Gasteiger partial charge on any atom is 0.307 e. The third-order valence-electron chi connectivity index (χ3n) is 3.79. The van der Waals surface area contributed by atoms with Gasteiger partial charge in [0.05, 0.1) is 11.3 Å². The summed E-state index contributed by atoms with van der Waals surface area (Å²) >= 11 is 1.60. The zero-order chi connectivity index (χ0) is 17.8. The van der Waals surface area contributed by atoms with Gasteiger partial charge in [-0.1, -0.05) is 19.1 Å². The summed E-state index contributed by atoms with van der Waals surface area (Å²) < 4.78 is 11.7. The average Bonchev–Trinajstić information content (AvgIpc) is 3.18. The van der Waals surface area contributed by atoms with Gasteiger partial charge in [-0.15, -0.1) is 11.3 Å². The number of ether oxygens (including phenoxy) is 1. The Bertz CT molecular complexity index is 881. The number of aliphatic carboxylic acids is 1. The molecule has 0 spiro atoms. The van der Waals surface area contributed by atoms with E-state index < -0.39 is 5.97 Å². The van der Waals surface area contributed by atoms with Gasteiger partial charge in [-0.05, 0) is 41.6 Å². The molecule has 130 valence electrons. The minimum Gasteiger partial charge on any atom is -0.487 e. The molecule has 3 aromatic rings. The van der Waals surface area contributed by atoms with E-state index in [4.69, 9.17) is 14.3 Å². The number of benzene rings is 1. The number of thiophene rings is 1. The minimum absolute atomic E-state index is 0.0246. The first-order valence-electron chi connectivity index (χ1n) is 8.03. The second-order valence-corrected chi connectivity index (χ2v) is 6.60. The molecular formula is C19H19NO4S. The molecule has 0 saturated heterocycles. The fourth-order valence-electron chi connectivity index (χ4n) is 2.53. The highest BCUT2D eigenvalue weighted by atomic mass is 32.1. The van der Waals surface area contributed by atoms with Crippen molar-refractivity contribution in [3.8, 4) is 16.5 Å². The van der Waals surface area contributed by atoms with Crippen LogP contribution >= 0.6 is 11.3 Å². The van der Waals surface area contributed by atoms with Crippen LogP contribution in [0.5, 0.6) is 5.75 Å². The van der Waals surface area contributed by atoms with Gasteiger partial charge in [-0.25, -0.2) is 4.98 Å². The van der Waals surface area contributed by atoms with Crippen molar-refractivity contribution in [2.75, 3.05) is 0 Å². The molecule has 5 nitrogen and oxygen atoms in total. The Hall–Kier alpha value is -2.60. The van der Waals surface area contributed by atoms with Crippen LogP contribution < -0.4 is 4.74 Å². The van der Waals surface area contributed by atoms with E-state index in [1.807, 2.05) is 25.3 Å². The molecule has 1 aromatic carbocycles. The highest BCUT2D eigenvalue weighted by Gasteiger charge is 2.16. The predicted molar refractivity (Wildman–Crippen MR) is 96.0 cm³/mol. The monoisotopic (exact) mass is 357 g/mol. The lowest BCUT2D eigenvalue weighted by Gasteiger charge is -2.06. The molecule has 0 saturated carbocycles. The third kappa shape index (κ3) is 4.09. The summed E-state index contributed by atoms with van der Waals surface area (Å²) in [6, 6.07) is 9.15. The molecule has 0 radical (unpaired) electrons. The van der Waals surface area contributed by atoms with Crippen molar-refractivity contribution in [1.29, 1.82) is 0 Å². The zero-order valence-electron chi connectivity index (χ0n) is 14.1. The lowest BCUT2D eigenvalue weighted by molar-refractivity contribution is -0.136.